The molecule has 0 atom stereocenters. The second-order valence-electron chi connectivity index (χ2n) is 5.57. The maximum atomic E-state index is 11.9. The van der Waals surface area contributed by atoms with Gasteiger partial charge in [0.05, 0.1) is 5.69 Å². The predicted octanol–water partition coefficient (Wildman–Crippen LogP) is 1.65. The molecule has 0 aromatic carbocycles. The third-order valence-corrected chi connectivity index (χ3v) is 4.16. The van der Waals surface area contributed by atoms with E-state index in [4.69, 9.17) is 4.98 Å². The van der Waals surface area contributed by atoms with Crippen LogP contribution in [0.1, 0.15) is 43.7 Å². The van der Waals surface area contributed by atoms with Crippen molar-refractivity contribution in [2.24, 2.45) is 0 Å². The molecule has 2 N–H and O–H groups in total. The Kier molecular flexibility index (Phi) is 5.43. The average molecular weight is 299 g/mol. The van der Waals surface area contributed by atoms with Crippen molar-refractivity contribution in [1.82, 2.24) is 15.3 Å². The molecular formula is C14H23ClN4O. The maximum absolute atomic E-state index is 11.9. The van der Waals surface area contributed by atoms with Gasteiger partial charge in [-0.25, -0.2) is 4.98 Å². The lowest BCUT2D eigenvalue weighted by atomic mass is 9.94. The van der Waals surface area contributed by atoms with Gasteiger partial charge in [0.25, 0.3) is 5.56 Å². The molecule has 112 valence electrons. The number of aromatic nitrogens is 2. The Bertz CT molecular complexity index is 439. The zero-order valence-corrected chi connectivity index (χ0v) is 12.5. The molecule has 0 amide bonds. The van der Waals surface area contributed by atoms with Crippen molar-refractivity contribution < 1.29 is 0 Å². The number of anilines is 1. The fraction of sp³-hybridized carbons (Fsp3) is 0.714. The van der Waals surface area contributed by atoms with Crippen LogP contribution in [0, 0.1) is 0 Å². The monoisotopic (exact) mass is 298 g/mol. The third-order valence-electron chi connectivity index (χ3n) is 4.16. The van der Waals surface area contributed by atoms with Crippen molar-refractivity contribution >= 4 is 18.4 Å². The van der Waals surface area contributed by atoms with Gasteiger partial charge in [-0.05, 0) is 45.2 Å². The lowest BCUT2D eigenvalue weighted by Crippen LogP contribution is -2.33. The molecule has 3 heterocycles. The molecule has 0 radical (unpaired) electrons. The van der Waals surface area contributed by atoms with Crippen molar-refractivity contribution in [3.8, 4) is 0 Å². The Morgan fingerprint density at radius 1 is 1.15 bits per heavy atom. The summed E-state index contributed by atoms with van der Waals surface area (Å²) >= 11 is 0. The third kappa shape index (κ3) is 3.52. The summed E-state index contributed by atoms with van der Waals surface area (Å²) in [5, 5.41) is 3.35. The molecule has 0 aliphatic carbocycles. The zero-order valence-electron chi connectivity index (χ0n) is 11.7. The van der Waals surface area contributed by atoms with E-state index in [0.29, 0.717) is 5.92 Å². The number of rotatable bonds is 2. The van der Waals surface area contributed by atoms with Crippen molar-refractivity contribution in [1.29, 1.82) is 0 Å². The van der Waals surface area contributed by atoms with Crippen LogP contribution in [0.15, 0.2) is 10.9 Å². The van der Waals surface area contributed by atoms with Crippen LogP contribution in [0.25, 0.3) is 0 Å². The van der Waals surface area contributed by atoms with Crippen LogP contribution in [0.4, 0.5) is 5.95 Å². The minimum absolute atomic E-state index is 0. The van der Waals surface area contributed by atoms with Crippen LogP contribution in [0.2, 0.25) is 0 Å². The first-order chi connectivity index (χ1) is 9.33. The first-order valence-corrected chi connectivity index (χ1v) is 7.40. The number of halogens is 1. The largest absolute Gasteiger partial charge is 0.342 e. The van der Waals surface area contributed by atoms with E-state index in [0.717, 1.165) is 50.7 Å². The number of aromatic amines is 1. The van der Waals surface area contributed by atoms with E-state index in [1.54, 1.807) is 6.07 Å². The summed E-state index contributed by atoms with van der Waals surface area (Å²) in [7, 11) is 0. The number of hydrogen-bond donors (Lipinski definition) is 2. The van der Waals surface area contributed by atoms with Crippen LogP contribution in [0.3, 0.4) is 0 Å². The highest BCUT2D eigenvalue weighted by atomic mass is 35.5. The van der Waals surface area contributed by atoms with E-state index in [-0.39, 0.29) is 18.0 Å². The van der Waals surface area contributed by atoms with Crippen molar-refractivity contribution in [2.45, 2.75) is 38.0 Å². The van der Waals surface area contributed by atoms with Crippen LogP contribution in [-0.2, 0) is 0 Å². The fourth-order valence-electron chi connectivity index (χ4n) is 3.05. The van der Waals surface area contributed by atoms with Gasteiger partial charge in [0, 0.05) is 25.1 Å². The highest BCUT2D eigenvalue weighted by Crippen LogP contribution is 2.24. The molecule has 2 aliphatic heterocycles. The van der Waals surface area contributed by atoms with E-state index in [1.165, 1.54) is 19.3 Å². The van der Waals surface area contributed by atoms with E-state index >= 15 is 0 Å². The maximum Gasteiger partial charge on any atom is 0.252 e. The van der Waals surface area contributed by atoms with Crippen LogP contribution >= 0.6 is 12.4 Å². The van der Waals surface area contributed by atoms with Gasteiger partial charge >= 0.3 is 0 Å². The minimum Gasteiger partial charge on any atom is -0.342 e. The topological polar surface area (TPSA) is 61.0 Å². The predicted molar refractivity (Wildman–Crippen MR) is 83.0 cm³/mol. The molecule has 3 rings (SSSR count). The molecule has 0 bridgehead atoms. The first-order valence-electron chi connectivity index (χ1n) is 7.40. The molecule has 2 saturated heterocycles. The summed E-state index contributed by atoms with van der Waals surface area (Å²) < 4.78 is 0. The van der Waals surface area contributed by atoms with Gasteiger partial charge in [-0.3, -0.25) is 9.78 Å². The van der Waals surface area contributed by atoms with Crippen molar-refractivity contribution in [2.75, 3.05) is 31.1 Å². The summed E-state index contributed by atoms with van der Waals surface area (Å²) in [5.41, 5.74) is 0.968. The van der Waals surface area contributed by atoms with Gasteiger partial charge < -0.3 is 10.2 Å². The van der Waals surface area contributed by atoms with Crippen molar-refractivity contribution in [3.63, 3.8) is 0 Å². The Morgan fingerprint density at radius 3 is 2.55 bits per heavy atom. The van der Waals surface area contributed by atoms with Gasteiger partial charge in [0.15, 0.2) is 0 Å². The Morgan fingerprint density at radius 2 is 1.85 bits per heavy atom. The first kappa shape index (κ1) is 15.3. The van der Waals surface area contributed by atoms with E-state index in [1.807, 2.05) is 0 Å². The second kappa shape index (κ2) is 7.09. The van der Waals surface area contributed by atoms with Gasteiger partial charge in [0.2, 0.25) is 5.95 Å². The second-order valence-corrected chi connectivity index (χ2v) is 5.57. The van der Waals surface area contributed by atoms with E-state index in [2.05, 4.69) is 15.2 Å². The molecule has 2 fully saturated rings. The van der Waals surface area contributed by atoms with Crippen LogP contribution in [0.5, 0.6) is 0 Å². The summed E-state index contributed by atoms with van der Waals surface area (Å²) in [6.07, 6.45) is 5.84. The highest BCUT2D eigenvalue weighted by molar-refractivity contribution is 5.85. The normalized spacial score (nSPS) is 20.5. The van der Waals surface area contributed by atoms with Crippen molar-refractivity contribution in [3.05, 3.63) is 22.1 Å². The standard InChI is InChI=1S/C14H22N4O.ClH/c19-13-10-12(11-4-6-15-7-5-11)16-14(17-13)18-8-2-1-3-9-18;/h10-11,15H,1-9H2,(H,16,17,19);1H. The molecular weight excluding hydrogens is 276 g/mol. The van der Waals surface area contributed by atoms with Crippen LogP contribution in [-0.4, -0.2) is 36.1 Å². The molecule has 20 heavy (non-hydrogen) atoms. The van der Waals surface area contributed by atoms with Gasteiger partial charge in [-0.1, -0.05) is 0 Å². The average Bonchev–Trinajstić information content (AvgIpc) is 2.48. The number of hydrogen-bond acceptors (Lipinski definition) is 4. The SMILES string of the molecule is Cl.O=c1cc(C2CCNCC2)nc(N2CCCCC2)[nH]1. The van der Waals surface area contributed by atoms with Gasteiger partial charge in [0.1, 0.15) is 0 Å². The Hall–Kier alpha value is -1.07. The quantitative estimate of drug-likeness (QED) is 0.871. The van der Waals surface area contributed by atoms with Gasteiger partial charge in [-0.15, -0.1) is 12.4 Å². The number of H-pyrrole nitrogens is 1. The fourth-order valence-corrected chi connectivity index (χ4v) is 3.05. The van der Waals surface area contributed by atoms with Gasteiger partial charge in [-0.2, -0.15) is 0 Å². The zero-order chi connectivity index (χ0) is 13.1. The lowest BCUT2D eigenvalue weighted by molar-refractivity contribution is 0.451. The smallest absolute Gasteiger partial charge is 0.252 e. The number of piperidine rings is 2. The molecule has 1 aromatic rings. The number of nitrogens with one attached hydrogen (secondary N) is 2. The molecule has 0 unspecified atom stereocenters. The summed E-state index contributed by atoms with van der Waals surface area (Å²) in [6.45, 7) is 4.08. The summed E-state index contributed by atoms with van der Waals surface area (Å²) in [5.74, 6) is 1.22. The molecule has 5 nitrogen and oxygen atoms in total. The van der Waals surface area contributed by atoms with E-state index < -0.39 is 0 Å². The van der Waals surface area contributed by atoms with E-state index in [9.17, 15) is 4.79 Å². The molecule has 6 heteroatoms. The molecule has 1 aromatic heterocycles. The summed E-state index contributed by atoms with van der Waals surface area (Å²) in [6, 6.07) is 1.68. The molecule has 2 aliphatic rings. The molecule has 0 saturated carbocycles. The minimum atomic E-state index is -0.0101. The lowest BCUT2D eigenvalue weighted by Gasteiger charge is -2.28. The Balaban J connectivity index is 0.00000147. The highest BCUT2D eigenvalue weighted by Gasteiger charge is 2.20. The van der Waals surface area contributed by atoms with Crippen LogP contribution < -0.4 is 15.8 Å². The molecule has 0 spiro atoms. The number of nitrogens with zero attached hydrogens (tertiary/aromatic N) is 2. The summed E-state index contributed by atoms with van der Waals surface area (Å²) in [4.78, 5) is 21.7. The Labute approximate surface area is 125 Å².